The molecular weight excluding hydrogens is 371 g/mol. The van der Waals surface area contributed by atoms with Crippen molar-refractivity contribution in [2.75, 3.05) is 31.5 Å². The maximum atomic E-state index is 12.4. The van der Waals surface area contributed by atoms with E-state index in [0.717, 1.165) is 13.1 Å². The largest absolute Gasteiger partial charge is 0.573 e. The Balaban J connectivity index is 1.50. The molecule has 1 unspecified atom stereocenters. The van der Waals surface area contributed by atoms with Crippen LogP contribution in [0.1, 0.15) is 18.5 Å². The summed E-state index contributed by atoms with van der Waals surface area (Å²) in [6, 6.07) is 15.3. The number of anilines is 1. The van der Waals surface area contributed by atoms with Gasteiger partial charge in [-0.3, -0.25) is 4.90 Å². The number of urea groups is 1. The van der Waals surface area contributed by atoms with Crippen molar-refractivity contribution >= 4 is 11.7 Å². The van der Waals surface area contributed by atoms with Crippen LogP contribution in [-0.2, 0) is 0 Å². The lowest BCUT2D eigenvalue weighted by Crippen LogP contribution is -2.50. The molecule has 0 aromatic heterocycles. The molecule has 150 valence electrons. The van der Waals surface area contributed by atoms with Crippen molar-refractivity contribution < 1.29 is 22.7 Å². The molecule has 28 heavy (non-hydrogen) atoms. The number of carbonyl (C=O) groups is 1. The van der Waals surface area contributed by atoms with Gasteiger partial charge >= 0.3 is 12.4 Å². The van der Waals surface area contributed by atoms with Gasteiger partial charge in [-0.2, -0.15) is 0 Å². The van der Waals surface area contributed by atoms with E-state index in [0.29, 0.717) is 18.8 Å². The average molecular weight is 393 g/mol. The number of hydrogen-bond donors (Lipinski definition) is 1. The number of nitrogens with zero attached hydrogens (tertiary/aromatic N) is 2. The van der Waals surface area contributed by atoms with Gasteiger partial charge in [0.05, 0.1) is 0 Å². The summed E-state index contributed by atoms with van der Waals surface area (Å²) in [6.07, 6.45) is -4.73. The molecular formula is C20H22F3N3O2. The van der Waals surface area contributed by atoms with Crippen molar-refractivity contribution in [1.29, 1.82) is 0 Å². The predicted molar refractivity (Wildman–Crippen MR) is 100 cm³/mol. The minimum Gasteiger partial charge on any atom is -0.406 e. The number of rotatable bonds is 4. The molecule has 3 rings (SSSR count). The van der Waals surface area contributed by atoms with E-state index in [2.05, 4.69) is 34.0 Å². The van der Waals surface area contributed by atoms with E-state index in [1.807, 2.05) is 18.2 Å². The quantitative estimate of drug-likeness (QED) is 0.832. The zero-order valence-corrected chi connectivity index (χ0v) is 15.4. The Morgan fingerprint density at radius 1 is 1.00 bits per heavy atom. The fourth-order valence-electron chi connectivity index (χ4n) is 3.20. The van der Waals surface area contributed by atoms with Gasteiger partial charge in [-0.05, 0) is 36.8 Å². The minimum atomic E-state index is -4.73. The van der Waals surface area contributed by atoms with Crippen molar-refractivity contribution in [1.82, 2.24) is 9.80 Å². The first kappa shape index (κ1) is 20.0. The molecule has 1 atom stereocenters. The summed E-state index contributed by atoms with van der Waals surface area (Å²) < 4.78 is 40.4. The first-order valence-electron chi connectivity index (χ1n) is 9.02. The summed E-state index contributed by atoms with van der Waals surface area (Å²) in [7, 11) is 0. The van der Waals surface area contributed by atoms with Gasteiger partial charge < -0.3 is 15.0 Å². The number of nitrogens with one attached hydrogen (secondary N) is 1. The van der Waals surface area contributed by atoms with Crippen molar-refractivity contribution in [3.63, 3.8) is 0 Å². The minimum absolute atomic E-state index is 0.267. The Hall–Kier alpha value is -2.74. The molecule has 5 nitrogen and oxygen atoms in total. The summed E-state index contributed by atoms with van der Waals surface area (Å²) >= 11 is 0. The number of alkyl halides is 3. The van der Waals surface area contributed by atoms with E-state index in [1.54, 1.807) is 4.90 Å². The maximum Gasteiger partial charge on any atom is 0.573 e. The predicted octanol–water partition coefficient (Wildman–Crippen LogP) is 4.50. The second-order valence-corrected chi connectivity index (χ2v) is 6.61. The molecule has 1 aliphatic rings. The van der Waals surface area contributed by atoms with Crippen LogP contribution in [0.5, 0.6) is 5.75 Å². The highest BCUT2D eigenvalue weighted by Crippen LogP contribution is 2.24. The fourth-order valence-corrected chi connectivity index (χ4v) is 3.20. The van der Waals surface area contributed by atoms with Gasteiger partial charge in [-0.1, -0.05) is 30.3 Å². The number of piperazine rings is 1. The van der Waals surface area contributed by atoms with Crippen LogP contribution in [0.15, 0.2) is 54.6 Å². The van der Waals surface area contributed by atoms with Gasteiger partial charge in [-0.25, -0.2) is 4.79 Å². The number of carbonyl (C=O) groups excluding carboxylic acids is 1. The number of amides is 2. The smallest absolute Gasteiger partial charge is 0.406 e. The number of halogens is 3. The maximum absolute atomic E-state index is 12.4. The molecule has 2 aromatic rings. The lowest BCUT2D eigenvalue weighted by atomic mass is 10.1. The van der Waals surface area contributed by atoms with Gasteiger partial charge in [-0.15, -0.1) is 13.2 Å². The van der Waals surface area contributed by atoms with E-state index in [4.69, 9.17) is 0 Å². The second kappa shape index (κ2) is 8.52. The van der Waals surface area contributed by atoms with Crippen LogP contribution in [0.3, 0.4) is 0 Å². The molecule has 0 radical (unpaired) electrons. The molecule has 0 saturated carbocycles. The molecule has 8 heteroatoms. The molecule has 0 aliphatic carbocycles. The highest BCUT2D eigenvalue weighted by Gasteiger charge is 2.31. The van der Waals surface area contributed by atoms with Crippen LogP contribution >= 0.6 is 0 Å². The van der Waals surface area contributed by atoms with E-state index in [-0.39, 0.29) is 17.8 Å². The van der Waals surface area contributed by atoms with Gasteiger partial charge in [0.15, 0.2) is 0 Å². The average Bonchev–Trinajstić information content (AvgIpc) is 2.68. The summed E-state index contributed by atoms with van der Waals surface area (Å²) in [4.78, 5) is 16.4. The molecule has 0 spiro atoms. The van der Waals surface area contributed by atoms with Crippen molar-refractivity contribution in [2.24, 2.45) is 0 Å². The first-order valence-corrected chi connectivity index (χ1v) is 9.02. The van der Waals surface area contributed by atoms with E-state index >= 15 is 0 Å². The van der Waals surface area contributed by atoms with Crippen LogP contribution in [0.4, 0.5) is 23.7 Å². The van der Waals surface area contributed by atoms with E-state index in [1.165, 1.54) is 29.8 Å². The van der Waals surface area contributed by atoms with Crippen LogP contribution in [-0.4, -0.2) is 48.4 Å². The standard InChI is InChI=1S/C20H22F3N3O2/c1-15(16-5-3-2-4-6-16)25-11-13-26(14-12-25)19(27)24-17-7-9-18(10-8-17)28-20(21,22)23/h2-10,15H,11-14H2,1H3,(H,24,27). The van der Waals surface area contributed by atoms with Crippen LogP contribution in [0.2, 0.25) is 0 Å². The molecule has 2 amide bonds. The van der Waals surface area contributed by atoms with Gasteiger partial charge in [0.2, 0.25) is 0 Å². The normalized spacial score (nSPS) is 16.5. The van der Waals surface area contributed by atoms with Crippen LogP contribution in [0, 0.1) is 0 Å². The molecule has 2 aromatic carbocycles. The summed E-state index contributed by atoms with van der Waals surface area (Å²) in [5, 5.41) is 2.71. The second-order valence-electron chi connectivity index (χ2n) is 6.61. The van der Waals surface area contributed by atoms with Crippen LogP contribution in [0.25, 0.3) is 0 Å². The fraction of sp³-hybridized carbons (Fsp3) is 0.350. The Labute approximate surface area is 161 Å². The Bertz CT molecular complexity index is 774. The van der Waals surface area contributed by atoms with E-state index < -0.39 is 6.36 Å². The highest BCUT2D eigenvalue weighted by molar-refractivity contribution is 5.89. The van der Waals surface area contributed by atoms with Crippen LogP contribution < -0.4 is 10.1 Å². The van der Waals surface area contributed by atoms with Gasteiger partial charge in [0.25, 0.3) is 0 Å². The lowest BCUT2D eigenvalue weighted by molar-refractivity contribution is -0.274. The number of hydrogen-bond acceptors (Lipinski definition) is 3. The summed E-state index contributed by atoms with van der Waals surface area (Å²) in [6.45, 7) is 4.82. The van der Waals surface area contributed by atoms with E-state index in [9.17, 15) is 18.0 Å². The first-order chi connectivity index (χ1) is 13.3. The zero-order chi connectivity index (χ0) is 20.1. The van der Waals surface area contributed by atoms with Crippen molar-refractivity contribution in [2.45, 2.75) is 19.3 Å². The SMILES string of the molecule is CC(c1ccccc1)N1CCN(C(=O)Nc2ccc(OC(F)(F)F)cc2)CC1. The molecule has 1 fully saturated rings. The molecule has 1 N–H and O–H groups in total. The Morgan fingerprint density at radius 3 is 2.18 bits per heavy atom. The number of ether oxygens (including phenoxy) is 1. The molecule has 0 bridgehead atoms. The third-order valence-corrected chi connectivity index (χ3v) is 4.77. The highest BCUT2D eigenvalue weighted by atomic mass is 19.4. The topological polar surface area (TPSA) is 44.8 Å². The summed E-state index contributed by atoms with van der Waals surface area (Å²) in [5.41, 5.74) is 1.65. The third-order valence-electron chi connectivity index (χ3n) is 4.77. The van der Waals surface area contributed by atoms with Gasteiger partial charge in [0.1, 0.15) is 5.75 Å². The Kier molecular flexibility index (Phi) is 6.08. The van der Waals surface area contributed by atoms with Crippen molar-refractivity contribution in [3.05, 3.63) is 60.2 Å². The molecule has 1 aliphatic heterocycles. The zero-order valence-electron chi connectivity index (χ0n) is 15.4. The number of benzene rings is 2. The third kappa shape index (κ3) is 5.39. The Morgan fingerprint density at radius 2 is 1.61 bits per heavy atom. The summed E-state index contributed by atoms with van der Waals surface area (Å²) in [5.74, 6) is -0.325. The molecule has 1 heterocycles. The molecule has 1 saturated heterocycles. The van der Waals surface area contributed by atoms with Gasteiger partial charge in [0, 0.05) is 37.9 Å². The van der Waals surface area contributed by atoms with Crippen molar-refractivity contribution in [3.8, 4) is 5.75 Å². The lowest BCUT2D eigenvalue weighted by Gasteiger charge is -2.38. The monoisotopic (exact) mass is 393 g/mol.